The molecule has 0 atom stereocenters. The Bertz CT molecular complexity index is 725. The smallest absolute Gasteiger partial charge is 0.255 e. The zero-order valence-electron chi connectivity index (χ0n) is 10.7. The molecule has 0 fully saturated rings. The molecule has 3 aromatic rings. The fourth-order valence-electron chi connectivity index (χ4n) is 2.06. The van der Waals surface area contributed by atoms with Crippen LogP contribution in [-0.2, 0) is 0 Å². The number of nitrogens with one attached hydrogen (secondary N) is 1. The maximum atomic E-state index is 12.1. The Morgan fingerprint density at radius 1 is 0.750 bits per heavy atom. The van der Waals surface area contributed by atoms with E-state index in [1.807, 2.05) is 72.8 Å². The van der Waals surface area contributed by atoms with Gasteiger partial charge in [-0.15, -0.1) is 12.4 Å². The molecule has 0 unspecified atom stereocenters. The molecule has 3 rings (SSSR count). The lowest BCUT2D eigenvalue weighted by Crippen LogP contribution is -2.11. The molecule has 2 nitrogen and oxygen atoms in total. The minimum absolute atomic E-state index is 0. The number of anilines is 1. The zero-order chi connectivity index (χ0) is 13.1. The molecule has 3 aromatic carbocycles. The normalized spacial score (nSPS) is 9.80. The van der Waals surface area contributed by atoms with Crippen LogP contribution in [0.2, 0.25) is 0 Å². The standard InChI is InChI=1S/C17H13NO.ClH/c19-17(18-16-8-2-1-3-9-16)15-11-10-13-6-4-5-7-14(13)12-15;/h1-12H,(H,18,19);1H. The molecule has 0 aliphatic heterocycles. The van der Waals surface area contributed by atoms with Crippen LogP contribution in [-0.4, -0.2) is 5.91 Å². The van der Waals surface area contributed by atoms with Crippen molar-refractivity contribution in [3.05, 3.63) is 78.4 Å². The Hall–Kier alpha value is -2.32. The largest absolute Gasteiger partial charge is 0.322 e. The lowest BCUT2D eigenvalue weighted by atomic mass is 10.1. The number of benzene rings is 3. The number of halogens is 1. The molecule has 0 radical (unpaired) electrons. The SMILES string of the molecule is Cl.O=C(Nc1ccccc1)c1ccc2ccccc2c1. The molecule has 1 N–H and O–H groups in total. The Morgan fingerprint density at radius 3 is 2.15 bits per heavy atom. The van der Waals surface area contributed by atoms with Crippen molar-refractivity contribution in [3.8, 4) is 0 Å². The van der Waals surface area contributed by atoms with Gasteiger partial charge in [0.15, 0.2) is 0 Å². The van der Waals surface area contributed by atoms with E-state index in [4.69, 9.17) is 0 Å². The first-order valence-corrected chi connectivity index (χ1v) is 6.18. The first-order chi connectivity index (χ1) is 9.33. The number of rotatable bonds is 2. The second kappa shape index (κ2) is 6.22. The number of amides is 1. The highest BCUT2D eigenvalue weighted by Gasteiger charge is 2.06. The number of carbonyl (C=O) groups is 1. The van der Waals surface area contributed by atoms with Gasteiger partial charge in [-0.3, -0.25) is 4.79 Å². The van der Waals surface area contributed by atoms with Gasteiger partial charge in [-0.2, -0.15) is 0 Å². The number of fused-ring (bicyclic) bond motifs is 1. The van der Waals surface area contributed by atoms with Crippen molar-refractivity contribution in [1.82, 2.24) is 0 Å². The maximum absolute atomic E-state index is 12.1. The van der Waals surface area contributed by atoms with Crippen molar-refractivity contribution in [1.29, 1.82) is 0 Å². The van der Waals surface area contributed by atoms with Crippen LogP contribution in [0.15, 0.2) is 72.8 Å². The summed E-state index contributed by atoms with van der Waals surface area (Å²) in [6.07, 6.45) is 0. The monoisotopic (exact) mass is 283 g/mol. The second-order valence-corrected chi connectivity index (χ2v) is 4.38. The van der Waals surface area contributed by atoms with Crippen molar-refractivity contribution >= 4 is 34.8 Å². The first-order valence-electron chi connectivity index (χ1n) is 6.18. The highest BCUT2D eigenvalue weighted by Crippen LogP contribution is 2.16. The van der Waals surface area contributed by atoms with Gasteiger partial charge < -0.3 is 5.32 Å². The summed E-state index contributed by atoms with van der Waals surface area (Å²) in [5, 5.41) is 5.09. The molecule has 0 bridgehead atoms. The van der Waals surface area contributed by atoms with Crippen molar-refractivity contribution in [2.24, 2.45) is 0 Å². The van der Waals surface area contributed by atoms with E-state index in [0.29, 0.717) is 5.56 Å². The van der Waals surface area contributed by atoms with E-state index in [1.165, 1.54) is 0 Å². The number of para-hydroxylation sites is 1. The van der Waals surface area contributed by atoms with Crippen LogP contribution < -0.4 is 5.32 Å². The topological polar surface area (TPSA) is 29.1 Å². The summed E-state index contributed by atoms with van der Waals surface area (Å²) < 4.78 is 0. The summed E-state index contributed by atoms with van der Waals surface area (Å²) in [5.41, 5.74) is 1.48. The lowest BCUT2D eigenvalue weighted by molar-refractivity contribution is 0.102. The van der Waals surface area contributed by atoms with E-state index in [2.05, 4.69) is 5.32 Å². The van der Waals surface area contributed by atoms with Crippen LogP contribution in [0.3, 0.4) is 0 Å². The van der Waals surface area contributed by atoms with Gasteiger partial charge in [-0.25, -0.2) is 0 Å². The summed E-state index contributed by atoms with van der Waals surface area (Å²) >= 11 is 0. The zero-order valence-corrected chi connectivity index (χ0v) is 11.6. The van der Waals surface area contributed by atoms with Gasteiger partial charge in [0.1, 0.15) is 0 Å². The van der Waals surface area contributed by atoms with Crippen LogP contribution in [0.4, 0.5) is 5.69 Å². The van der Waals surface area contributed by atoms with Crippen molar-refractivity contribution < 1.29 is 4.79 Å². The van der Waals surface area contributed by atoms with Crippen molar-refractivity contribution in [2.45, 2.75) is 0 Å². The second-order valence-electron chi connectivity index (χ2n) is 4.38. The molecular formula is C17H14ClNO. The van der Waals surface area contributed by atoms with E-state index >= 15 is 0 Å². The number of hydrogen-bond acceptors (Lipinski definition) is 1. The van der Waals surface area contributed by atoms with Crippen LogP contribution in [0.25, 0.3) is 10.8 Å². The summed E-state index contributed by atoms with van der Waals surface area (Å²) in [5.74, 6) is -0.0862. The molecule has 0 aliphatic carbocycles. The van der Waals surface area contributed by atoms with E-state index in [1.54, 1.807) is 0 Å². The fourth-order valence-corrected chi connectivity index (χ4v) is 2.06. The molecular weight excluding hydrogens is 270 g/mol. The molecule has 0 aromatic heterocycles. The van der Waals surface area contributed by atoms with Crippen molar-refractivity contribution in [3.63, 3.8) is 0 Å². The van der Waals surface area contributed by atoms with Gasteiger partial charge in [0, 0.05) is 11.3 Å². The third kappa shape index (κ3) is 2.98. The molecule has 20 heavy (non-hydrogen) atoms. The average Bonchev–Trinajstić information content (AvgIpc) is 2.48. The van der Waals surface area contributed by atoms with Gasteiger partial charge in [-0.1, -0.05) is 48.5 Å². The molecule has 0 saturated heterocycles. The average molecular weight is 284 g/mol. The summed E-state index contributed by atoms with van der Waals surface area (Å²) in [6, 6.07) is 23.2. The molecule has 0 aliphatic rings. The van der Waals surface area contributed by atoms with Gasteiger partial charge in [-0.05, 0) is 35.0 Å². The minimum atomic E-state index is -0.0862. The van der Waals surface area contributed by atoms with Gasteiger partial charge in [0.05, 0.1) is 0 Å². The molecule has 0 spiro atoms. The quantitative estimate of drug-likeness (QED) is 0.736. The summed E-state index contributed by atoms with van der Waals surface area (Å²) in [6.45, 7) is 0. The molecule has 3 heteroatoms. The van der Waals surface area contributed by atoms with Gasteiger partial charge >= 0.3 is 0 Å². The van der Waals surface area contributed by atoms with Gasteiger partial charge in [0.2, 0.25) is 0 Å². The summed E-state index contributed by atoms with van der Waals surface area (Å²) in [4.78, 5) is 12.1. The molecule has 0 heterocycles. The van der Waals surface area contributed by atoms with Crippen LogP contribution >= 0.6 is 12.4 Å². The Morgan fingerprint density at radius 2 is 1.40 bits per heavy atom. The van der Waals surface area contributed by atoms with Crippen molar-refractivity contribution in [2.75, 3.05) is 5.32 Å². The van der Waals surface area contributed by atoms with E-state index in [0.717, 1.165) is 16.5 Å². The first kappa shape index (κ1) is 14.1. The van der Waals surface area contributed by atoms with Crippen LogP contribution in [0, 0.1) is 0 Å². The number of carbonyl (C=O) groups excluding carboxylic acids is 1. The molecule has 100 valence electrons. The third-order valence-electron chi connectivity index (χ3n) is 3.04. The van der Waals surface area contributed by atoms with E-state index in [9.17, 15) is 4.79 Å². The van der Waals surface area contributed by atoms with Crippen LogP contribution in [0.1, 0.15) is 10.4 Å². The minimum Gasteiger partial charge on any atom is -0.322 e. The molecule has 1 amide bonds. The third-order valence-corrected chi connectivity index (χ3v) is 3.04. The van der Waals surface area contributed by atoms with Gasteiger partial charge in [0.25, 0.3) is 5.91 Å². The predicted octanol–water partition coefficient (Wildman–Crippen LogP) is 4.51. The van der Waals surface area contributed by atoms with E-state index in [-0.39, 0.29) is 18.3 Å². The maximum Gasteiger partial charge on any atom is 0.255 e. The van der Waals surface area contributed by atoms with Crippen LogP contribution in [0.5, 0.6) is 0 Å². The Labute approximate surface area is 123 Å². The highest BCUT2D eigenvalue weighted by molar-refractivity contribution is 6.06. The summed E-state index contributed by atoms with van der Waals surface area (Å²) in [7, 11) is 0. The predicted molar refractivity (Wildman–Crippen MR) is 85.6 cm³/mol. The number of hydrogen-bond donors (Lipinski definition) is 1. The molecule has 0 saturated carbocycles. The Kier molecular flexibility index (Phi) is 4.38. The Balaban J connectivity index is 0.00000147. The fraction of sp³-hybridized carbons (Fsp3) is 0. The van der Waals surface area contributed by atoms with E-state index < -0.39 is 0 Å². The lowest BCUT2D eigenvalue weighted by Gasteiger charge is -2.06. The highest BCUT2D eigenvalue weighted by atomic mass is 35.5.